The fourth-order valence-electron chi connectivity index (χ4n) is 1.87. The molecule has 0 aromatic rings. The Balaban J connectivity index is 2.77. The van der Waals surface area contributed by atoms with Crippen LogP contribution in [0.15, 0.2) is 0 Å². The van der Waals surface area contributed by atoms with Gasteiger partial charge in [-0.05, 0) is 6.42 Å². The molecule has 0 aromatic carbocycles. The Labute approximate surface area is 76.6 Å². The predicted molar refractivity (Wildman–Crippen MR) is 45.2 cm³/mol. The second-order valence-corrected chi connectivity index (χ2v) is 3.93. The molecule has 0 spiro atoms. The molecule has 0 aromatic heterocycles. The molecule has 1 saturated carbocycles. The summed E-state index contributed by atoms with van der Waals surface area (Å²) in [5.74, 6) is -1.51. The lowest BCUT2D eigenvalue weighted by Crippen LogP contribution is -2.31. The monoisotopic (exact) mass is 186 g/mol. The topological polar surface area (TPSA) is 74.6 Å². The van der Waals surface area contributed by atoms with Crippen LogP contribution >= 0.6 is 0 Å². The van der Waals surface area contributed by atoms with Gasteiger partial charge in [-0.2, -0.15) is 0 Å². The Morgan fingerprint density at radius 1 is 1.69 bits per heavy atom. The number of carbonyl (C=O) groups is 2. The first-order valence-electron chi connectivity index (χ1n) is 4.35. The zero-order valence-corrected chi connectivity index (χ0v) is 7.62. The summed E-state index contributed by atoms with van der Waals surface area (Å²) < 4.78 is 0. The Kier molecular flexibility index (Phi) is 2.71. The highest BCUT2D eigenvalue weighted by Crippen LogP contribution is 2.42. The minimum absolute atomic E-state index is 0.0287. The van der Waals surface area contributed by atoms with Crippen LogP contribution in [0, 0.1) is 11.3 Å². The molecule has 2 atom stereocenters. The SMILES string of the molecule is C[C@]1(CO)CCC(=O)[C@@H]1CC(=O)O. The molecule has 1 fully saturated rings. The van der Waals surface area contributed by atoms with E-state index in [9.17, 15) is 9.59 Å². The fourth-order valence-corrected chi connectivity index (χ4v) is 1.87. The summed E-state index contributed by atoms with van der Waals surface area (Å²) in [4.78, 5) is 21.8. The number of Topliss-reactive ketones (excluding diaryl/α,β-unsaturated/α-hetero) is 1. The van der Waals surface area contributed by atoms with Crippen LogP contribution in [0.2, 0.25) is 0 Å². The van der Waals surface area contributed by atoms with Crippen molar-refractivity contribution in [2.24, 2.45) is 11.3 Å². The third-order valence-electron chi connectivity index (χ3n) is 2.91. The van der Waals surface area contributed by atoms with E-state index in [1.807, 2.05) is 0 Å². The zero-order valence-electron chi connectivity index (χ0n) is 7.62. The molecule has 0 aliphatic heterocycles. The second kappa shape index (κ2) is 3.46. The van der Waals surface area contributed by atoms with Gasteiger partial charge >= 0.3 is 5.97 Å². The molecule has 74 valence electrons. The highest BCUT2D eigenvalue weighted by atomic mass is 16.4. The van der Waals surface area contributed by atoms with Gasteiger partial charge in [0, 0.05) is 24.4 Å². The van der Waals surface area contributed by atoms with E-state index in [0.29, 0.717) is 12.8 Å². The number of ketones is 1. The minimum atomic E-state index is -0.972. The second-order valence-electron chi connectivity index (χ2n) is 3.93. The highest BCUT2D eigenvalue weighted by Gasteiger charge is 2.44. The van der Waals surface area contributed by atoms with Crippen LogP contribution in [0.3, 0.4) is 0 Å². The molecule has 1 aliphatic carbocycles. The van der Waals surface area contributed by atoms with Gasteiger partial charge in [0.15, 0.2) is 0 Å². The maximum atomic E-state index is 11.3. The van der Waals surface area contributed by atoms with Gasteiger partial charge in [0.05, 0.1) is 6.42 Å². The van der Waals surface area contributed by atoms with Crippen molar-refractivity contribution in [1.82, 2.24) is 0 Å². The molecular weight excluding hydrogens is 172 g/mol. The molecule has 1 rings (SSSR count). The van der Waals surface area contributed by atoms with Crippen molar-refractivity contribution in [3.05, 3.63) is 0 Å². The fraction of sp³-hybridized carbons (Fsp3) is 0.778. The standard InChI is InChI=1S/C9H14O4/c1-9(5-10)3-2-7(11)6(9)4-8(12)13/h6,10H,2-5H2,1H3,(H,12,13)/t6-,9+/m0/s1. The van der Waals surface area contributed by atoms with Crippen LogP contribution in [0.1, 0.15) is 26.2 Å². The maximum Gasteiger partial charge on any atom is 0.304 e. The van der Waals surface area contributed by atoms with Gasteiger partial charge < -0.3 is 10.2 Å². The van der Waals surface area contributed by atoms with E-state index in [0.717, 1.165) is 0 Å². The minimum Gasteiger partial charge on any atom is -0.481 e. The van der Waals surface area contributed by atoms with Gasteiger partial charge in [-0.25, -0.2) is 0 Å². The summed E-state index contributed by atoms with van der Waals surface area (Å²) >= 11 is 0. The highest BCUT2D eigenvalue weighted by molar-refractivity contribution is 5.87. The third-order valence-corrected chi connectivity index (χ3v) is 2.91. The lowest BCUT2D eigenvalue weighted by Gasteiger charge is -2.26. The van der Waals surface area contributed by atoms with Gasteiger partial charge in [0.2, 0.25) is 0 Å². The summed E-state index contributed by atoms with van der Waals surface area (Å²) in [6, 6.07) is 0. The molecule has 0 saturated heterocycles. The first-order chi connectivity index (χ1) is 5.99. The molecule has 0 heterocycles. The van der Waals surface area contributed by atoms with Gasteiger partial charge in [-0.1, -0.05) is 6.92 Å². The van der Waals surface area contributed by atoms with Gasteiger partial charge in [0.1, 0.15) is 5.78 Å². The van der Waals surface area contributed by atoms with Crippen LogP contribution < -0.4 is 0 Å². The summed E-state index contributed by atoms with van der Waals surface area (Å²) in [5, 5.41) is 17.7. The van der Waals surface area contributed by atoms with Gasteiger partial charge in [-0.15, -0.1) is 0 Å². The Morgan fingerprint density at radius 2 is 2.31 bits per heavy atom. The van der Waals surface area contributed by atoms with Crippen LogP contribution in [-0.2, 0) is 9.59 Å². The number of carbonyl (C=O) groups excluding carboxylic acids is 1. The first-order valence-corrected chi connectivity index (χ1v) is 4.35. The number of hydrogen-bond donors (Lipinski definition) is 2. The molecule has 1 aliphatic rings. The summed E-state index contributed by atoms with van der Waals surface area (Å²) in [5.41, 5.74) is -0.518. The first kappa shape index (κ1) is 10.2. The molecule has 0 radical (unpaired) electrons. The number of carboxylic acids is 1. The van der Waals surface area contributed by atoms with Crippen molar-refractivity contribution in [2.45, 2.75) is 26.2 Å². The van der Waals surface area contributed by atoms with Gasteiger partial charge in [0.25, 0.3) is 0 Å². The van der Waals surface area contributed by atoms with E-state index in [2.05, 4.69) is 0 Å². The van der Waals surface area contributed by atoms with E-state index in [1.54, 1.807) is 6.92 Å². The number of aliphatic carboxylic acids is 1. The number of hydrogen-bond acceptors (Lipinski definition) is 3. The van der Waals surface area contributed by atoms with Crippen molar-refractivity contribution >= 4 is 11.8 Å². The van der Waals surface area contributed by atoms with Crippen LogP contribution in [0.25, 0.3) is 0 Å². The molecule has 0 bridgehead atoms. The molecular formula is C9H14O4. The Bertz CT molecular complexity index is 236. The number of rotatable bonds is 3. The molecule has 0 unspecified atom stereocenters. The zero-order chi connectivity index (χ0) is 10.1. The van der Waals surface area contributed by atoms with E-state index in [4.69, 9.17) is 10.2 Å². The number of aliphatic hydroxyl groups excluding tert-OH is 1. The molecule has 4 nitrogen and oxygen atoms in total. The smallest absolute Gasteiger partial charge is 0.304 e. The van der Waals surface area contributed by atoms with Crippen molar-refractivity contribution < 1.29 is 19.8 Å². The normalized spacial score (nSPS) is 33.7. The number of carboxylic acid groups (broad SMARTS) is 1. The third kappa shape index (κ3) is 1.88. The van der Waals surface area contributed by atoms with E-state index in [-0.39, 0.29) is 18.8 Å². The Morgan fingerprint density at radius 3 is 2.77 bits per heavy atom. The summed E-state index contributed by atoms with van der Waals surface area (Å²) in [7, 11) is 0. The average molecular weight is 186 g/mol. The van der Waals surface area contributed by atoms with E-state index < -0.39 is 17.3 Å². The van der Waals surface area contributed by atoms with Crippen molar-refractivity contribution in [2.75, 3.05) is 6.61 Å². The maximum absolute atomic E-state index is 11.3. The van der Waals surface area contributed by atoms with E-state index in [1.165, 1.54) is 0 Å². The lowest BCUT2D eigenvalue weighted by atomic mass is 9.78. The van der Waals surface area contributed by atoms with Crippen molar-refractivity contribution in [3.8, 4) is 0 Å². The van der Waals surface area contributed by atoms with Crippen LogP contribution in [0.5, 0.6) is 0 Å². The van der Waals surface area contributed by atoms with Gasteiger partial charge in [-0.3, -0.25) is 9.59 Å². The molecule has 4 heteroatoms. The van der Waals surface area contributed by atoms with Crippen LogP contribution in [-0.4, -0.2) is 28.6 Å². The van der Waals surface area contributed by atoms with E-state index >= 15 is 0 Å². The quantitative estimate of drug-likeness (QED) is 0.670. The van der Waals surface area contributed by atoms with Crippen molar-refractivity contribution in [1.29, 1.82) is 0 Å². The number of aliphatic hydroxyl groups is 1. The summed E-state index contributed by atoms with van der Waals surface area (Å²) in [6.45, 7) is 1.65. The molecule has 0 amide bonds. The lowest BCUT2D eigenvalue weighted by molar-refractivity contribution is -0.141. The van der Waals surface area contributed by atoms with Crippen LogP contribution in [0.4, 0.5) is 0 Å². The molecule has 2 N–H and O–H groups in total. The molecule has 13 heavy (non-hydrogen) atoms. The predicted octanol–water partition coefficient (Wildman–Crippen LogP) is 0.439. The largest absolute Gasteiger partial charge is 0.481 e. The summed E-state index contributed by atoms with van der Waals surface area (Å²) in [6.07, 6.45) is 0.838. The van der Waals surface area contributed by atoms with Crippen molar-refractivity contribution in [3.63, 3.8) is 0 Å². The Hall–Kier alpha value is -0.900. The average Bonchev–Trinajstić information content (AvgIpc) is 2.33.